The van der Waals surface area contributed by atoms with Gasteiger partial charge in [0.15, 0.2) is 11.5 Å². The third kappa shape index (κ3) is 4.88. The van der Waals surface area contributed by atoms with Crippen LogP contribution >= 0.6 is 0 Å². The molecule has 0 aliphatic rings. The molecule has 35 heavy (non-hydrogen) atoms. The van der Waals surface area contributed by atoms with E-state index in [1.165, 1.54) is 56.1 Å². The van der Waals surface area contributed by atoms with Crippen LogP contribution in [-0.4, -0.2) is 40.6 Å². The van der Waals surface area contributed by atoms with Gasteiger partial charge in [0, 0.05) is 30.7 Å². The highest BCUT2D eigenvalue weighted by Crippen LogP contribution is 2.30. The van der Waals surface area contributed by atoms with Crippen LogP contribution in [0.25, 0.3) is 16.9 Å². The summed E-state index contributed by atoms with van der Waals surface area (Å²) in [6, 6.07) is 9.86. The van der Waals surface area contributed by atoms with E-state index in [9.17, 15) is 18.4 Å². The lowest BCUT2D eigenvalue weighted by atomic mass is 10.0. The zero-order valence-corrected chi connectivity index (χ0v) is 19.1. The first kappa shape index (κ1) is 23.6. The number of carbonyl (C=O) groups is 2. The van der Waals surface area contributed by atoms with Crippen LogP contribution in [0.1, 0.15) is 22.8 Å². The Bertz CT molecular complexity index is 1440. The fraction of sp³-hybridized carbons (Fsp3) is 0.167. The molecule has 0 aliphatic carbocycles. The Morgan fingerprint density at radius 1 is 1.03 bits per heavy atom. The lowest BCUT2D eigenvalue weighted by molar-refractivity contribution is -0.114. The number of halogens is 2. The summed E-state index contributed by atoms with van der Waals surface area (Å²) in [4.78, 5) is 28.5. The maximum absolute atomic E-state index is 14.9. The van der Waals surface area contributed by atoms with Gasteiger partial charge in [-0.2, -0.15) is 5.10 Å². The van der Waals surface area contributed by atoms with Crippen LogP contribution in [0.15, 0.2) is 48.7 Å². The van der Waals surface area contributed by atoms with Gasteiger partial charge in [-0.25, -0.2) is 18.3 Å². The summed E-state index contributed by atoms with van der Waals surface area (Å²) < 4.78 is 40.9. The molecule has 0 spiro atoms. The van der Waals surface area contributed by atoms with Gasteiger partial charge in [0.05, 0.1) is 31.7 Å². The molecule has 2 aromatic carbocycles. The molecule has 0 radical (unpaired) electrons. The number of hydrogen-bond acceptors (Lipinski definition) is 6. The number of aromatic nitrogens is 3. The van der Waals surface area contributed by atoms with E-state index in [0.717, 1.165) is 6.07 Å². The summed E-state index contributed by atoms with van der Waals surface area (Å²) in [6.45, 7) is 1.19. The standard InChI is InChI=1S/C24H21F2N5O4/c1-13(32)28-22-12-31-23(29-22)8-7-19(30-31)14-9-15(21(35-3)10-18(14)26)24(33)27-11-16-17(25)5-4-6-20(16)34-2/h4-10,12H,11H2,1-3H3,(H,27,33)(H,28,32). The van der Waals surface area contributed by atoms with E-state index < -0.39 is 17.5 Å². The second kappa shape index (κ2) is 9.75. The van der Waals surface area contributed by atoms with Gasteiger partial charge < -0.3 is 20.1 Å². The molecule has 4 rings (SSSR count). The second-order valence-corrected chi connectivity index (χ2v) is 7.46. The van der Waals surface area contributed by atoms with Gasteiger partial charge in [0.25, 0.3) is 5.91 Å². The van der Waals surface area contributed by atoms with E-state index in [1.54, 1.807) is 12.1 Å². The van der Waals surface area contributed by atoms with Gasteiger partial charge >= 0.3 is 0 Å². The van der Waals surface area contributed by atoms with Gasteiger partial charge in [-0.1, -0.05) is 6.07 Å². The van der Waals surface area contributed by atoms with E-state index >= 15 is 0 Å². The number of benzene rings is 2. The topological polar surface area (TPSA) is 107 Å². The second-order valence-electron chi connectivity index (χ2n) is 7.46. The van der Waals surface area contributed by atoms with E-state index in [2.05, 4.69) is 20.7 Å². The van der Waals surface area contributed by atoms with Crippen LogP contribution in [0.3, 0.4) is 0 Å². The highest BCUT2D eigenvalue weighted by molar-refractivity contribution is 5.98. The molecule has 0 bridgehead atoms. The number of hydrogen-bond donors (Lipinski definition) is 2. The van der Waals surface area contributed by atoms with Crippen LogP contribution in [0, 0.1) is 11.6 Å². The molecular weight excluding hydrogens is 460 g/mol. The molecule has 0 saturated carbocycles. The van der Waals surface area contributed by atoms with Crippen LogP contribution in [0.5, 0.6) is 11.5 Å². The van der Waals surface area contributed by atoms with Crippen molar-refractivity contribution in [1.29, 1.82) is 0 Å². The highest BCUT2D eigenvalue weighted by atomic mass is 19.1. The molecule has 2 amide bonds. The molecule has 4 aromatic rings. The quantitative estimate of drug-likeness (QED) is 0.418. The minimum Gasteiger partial charge on any atom is -0.496 e. The van der Waals surface area contributed by atoms with Crippen LogP contribution in [0.2, 0.25) is 0 Å². The average Bonchev–Trinajstić information content (AvgIpc) is 3.23. The lowest BCUT2D eigenvalue weighted by Gasteiger charge is -2.14. The molecule has 0 atom stereocenters. The molecule has 0 saturated heterocycles. The minimum absolute atomic E-state index is 0.000835. The summed E-state index contributed by atoms with van der Waals surface area (Å²) in [5.74, 6) is -1.52. The van der Waals surface area contributed by atoms with Crippen molar-refractivity contribution in [3.8, 4) is 22.8 Å². The highest BCUT2D eigenvalue weighted by Gasteiger charge is 2.20. The summed E-state index contributed by atoms with van der Waals surface area (Å²) in [6.07, 6.45) is 1.48. The van der Waals surface area contributed by atoms with Crippen molar-refractivity contribution in [2.75, 3.05) is 19.5 Å². The number of amides is 2. The lowest BCUT2D eigenvalue weighted by Crippen LogP contribution is -2.24. The average molecular weight is 481 g/mol. The molecule has 11 heteroatoms. The monoisotopic (exact) mass is 481 g/mol. The number of carbonyl (C=O) groups excluding carboxylic acids is 2. The maximum Gasteiger partial charge on any atom is 0.255 e. The fourth-order valence-corrected chi connectivity index (χ4v) is 3.53. The number of methoxy groups -OCH3 is 2. The van der Waals surface area contributed by atoms with Crippen molar-refractivity contribution < 1.29 is 27.8 Å². The number of imidazole rings is 1. The molecule has 180 valence electrons. The van der Waals surface area contributed by atoms with Gasteiger partial charge in [-0.05, 0) is 30.3 Å². The Kier molecular flexibility index (Phi) is 6.58. The SMILES string of the molecule is COc1cc(F)c(-c2ccc3nc(NC(C)=O)cn3n2)cc1C(=O)NCc1c(F)cccc1OC. The minimum atomic E-state index is -0.664. The number of anilines is 1. The first-order valence-electron chi connectivity index (χ1n) is 10.4. The van der Waals surface area contributed by atoms with E-state index in [4.69, 9.17) is 9.47 Å². The summed E-state index contributed by atoms with van der Waals surface area (Å²) >= 11 is 0. The molecule has 0 unspecified atom stereocenters. The first-order valence-corrected chi connectivity index (χ1v) is 10.4. The zero-order valence-electron chi connectivity index (χ0n) is 19.1. The Balaban J connectivity index is 1.66. The van der Waals surface area contributed by atoms with Gasteiger partial charge in [0.1, 0.15) is 23.1 Å². The molecule has 0 fully saturated rings. The molecular formula is C24H21F2N5O4. The Hall–Kier alpha value is -4.54. The Morgan fingerprint density at radius 2 is 1.80 bits per heavy atom. The predicted octanol–water partition coefficient (Wildman–Crippen LogP) is 3.58. The normalized spacial score (nSPS) is 10.8. The summed E-state index contributed by atoms with van der Waals surface area (Å²) in [5, 5.41) is 9.51. The summed E-state index contributed by atoms with van der Waals surface area (Å²) in [5.41, 5.74) is 0.895. The number of fused-ring (bicyclic) bond motifs is 1. The molecule has 9 nitrogen and oxygen atoms in total. The molecule has 2 N–H and O–H groups in total. The van der Waals surface area contributed by atoms with Crippen molar-refractivity contribution in [2.24, 2.45) is 0 Å². The van der Waals surface area contributed by atoms with E-state index in [0.29, 0.717) is 11.5 Å². The van der Waals surface area contributed by atoms with E-state index in [1.807, 2.05) is 0 Å². The van der Waals surface area contributed by atoms with E-state index in [-0.39, 0.29) is 46.3 Å². The van der Waals surface area contributed by atoms with Crippen molar-refractivity contribution in [2.45, 2.75) is 13.5 Å². The van der Waals surface area contributed by atoms with Crippen molar-refractivity contribution in [3.63, 3.8) is 0 Å². The largest absolute Gasteiger partial charge is 0.496 e. The van der Waals surface area contributed by atoms with Crippen LogP contribution in [-0.2, 0) is 11.3 Å². The molecule has 0 aliphatic heterocycles. The van der Waals surface area contributed by atoms with Crippen molar-refractivity contribution >= 4 is 23.3 Å². The Morgan fingerprint density at radius 3 is 2.51 bits per heavy atom. The van der Waals surface area contributed by atoms with Crippen molar-refractivity contribution in [3.05, 3.63) is 71.4 Å². The van der Waals surface area contributed by atoms with Crippen molar-refractivity contribution in [1.82, 2.24) is 19.9 Å². The third-order valence-electron chi connectivity index (χ3n) is 5.16. The smallest absolute Gasteiger partial charge is 0.255 e. The summed E-state index contributed by atoms with van der Waals surface area (Å²) in [7, 11) is 2.71. The molecule has 2 heterocycles. The van der Waals surface area contributed by atoms with Gasteiger partial charge in [0.2, 0.25) is 5.91 Å². The Labute approximate surface area is 198 Å². The predicted molar refractivity (Wildman–Crippen MR) is 123 cm³/mol. The molecule has 2 aromatic heterocycles. The first-order chi connectivity index (χ1) is 16.8. The number of rotatable bonds is 7. The third-order valence-corrected chi connectivity index (χ3v) is 5.16. The number of nitrogens with one attached hydrogen (secondary N) is 2. The van der Waals surface area contributed by atoms with Gasteiger partial charge in [-0.3, -0.25) is 9.59 Å². The van der Waals surface area contributed by atoms with Gasteiger partial charge in [-0.15, -0.1) is 0 Å². The zero-order chi connectivity index (χ0) is 25.1. The van der Waals surface area contributed by atoms with Crippen LogP contribution in [0.4, 0.5) is 14.6 Å². The fourth-order valence-electron chi connectivity index (χ4n) is 3.53. The van der Waals surface area contributed by atoms with Crippen LogP contribution < -0.4 is 20.1 Å². The number of nitrogens with zero attached hydrogens (tertiary/aromatic N) is 3. The number of ether oxygens (including phenoxy) is 2. The maximum atomic E-state index is 14.9.